The normalized spacial score (nSPS) is 14.8. The van der Waals surface area contributed by atoms with Gasteiger partial charge in [0.05, 0.1) is 0 Å². The van der Waals surface area contributed by atoms with E-state index in [-0.39, 0.29) is 17.9 Å². The standard InChI is InChI=1S/C22H25IN2O2/c1-2-13-25(22(27)18-9-6-10-19(23)16-18)20-11-14-24(15-12-20)21(26)17-7-4-3-5-8-17/h3-10,16,20H,2,11-15H2,1H3. The third-order valence-corrected chi connectivity index (χ3v) is 5.68. The molecule has 1 aliphatic rings. The number of rotatable bonds is 5. The first-order valence-corrected chi connectivity index (χ1v) is 10.6. The van der Waals surface area contributed by atoms with Crippen molar-refractivity contribution in [2.45, 2.75) is 32.2 Å². The van der Waals surface area contributed by atoms with Crippen molar-refractivity contribution < 1.29 is 9.59 Å². The van der Waals surface area contributed by atoms with Crippen molar-refractivity contribution >= 4 is 34.4 Å². The first kappa shape index (κ1) is 19.9. The van der Waals surface area contributed by atoms with Crippen LogP contribution in [0, 0.1) is 3.57 Å². The van der Waals surface area contributed by atoms with Crippen LogP contribution in [-0.4, -0.2) is 47.3 Å². The summed E-state index contributed by atoms with van der Waals surface area (Å²) < 4.78 is 1.07. The molecule has 4 nitrogen and oxygen atoms in total. The van der Waals surface area contributed by atoms with Gasteiger partial charge < -0.3 is 9.80 Å². The molecule has 0 spiro atoms. The summed E-state index contributed by atoms with van der Waals surface area (Å²) in [5, 5.41) is 0. The zero-order valence-electron chi connectivity index (χ0n) is 15.6. The summed E-state index contributed by atoms with van der Waals surface area (Å²) in [6, 6.07) is 17.4. The third-order valence-electron chi connectivity index (χ3n) is 5.01. The Morgan fingerprint density at radius 3 is 2.33 bits per heavy atom. The highest BCUT2D eigenvalue weighted by Crippen LogP contribution is 2.21. The van der Waals surface area contributed by atoms with Crippen molar-refractivity contribution in [3.05, 3.63) is 69.3 Å². The van der Waals surface area contributed by atoms with Crippen LogP contribution in [0.2, 0.25) is 0 Å². The third kappa shape index (κ3) is 4.89. The largest absolute Gasteiger partial charge is 0.338 e. The van der Waals surface area contributed by atoms with Crippen molar-refractivity contribution in [3.8, 4) is 0 Å². The van der Waals surface area contributed by atoms with E-state index in [9.17, 15) is 9.59 Å². The molecule has 1 saturated heterocycles. The molecule has 2 aromatic carbocycles. The maximum absolute atomic E-state index is 13.1. The highest BCUT2D eigenvalue weighted by Gasteiger charge is 2.30. The molecule has 0 N–H and O–H groups in total. The molecule has 0 unspecified atom stereocenters. The van der Waals surface area contributed by atoms with E-state index in [1.165, 1.54) is 0 Å². The molecule has 3 rings (SSSR count). The van der Waals surface area contributed by atoms with Crippen molar-refractivity contribution in [3.63, 3.8) is 0 Å². The van der Waals surface area contributed by atoms with E-state index in [1.807, 2.05) is 64.4 Å². The topological polar surface area (TPSA) is 40.6 Å². The van der Waals surface area contributed by atoms with Gasteiger partial charge in [0.2, 0.25) is 0 Å². The Kier molecular flexibility index (Phi) is 6.88. The van der Waals surface area contributed by atoms with Gasteiger partial charge in [-0.1, -0.05) is 31.2 Å². The molecular weight excluding hydrogens is 451 g/mol. The summed E-state index contributed by atoms with van der Waals surface area (Å²) in [6.45, 7) is 4.24. The van der Waals surface area contributed by atoms with Gasteiger partial charge in [0.1, 0.15) is 0 Å². The van der Waals surface area contributed by atoms with Crippen LogP contribution in [0.15, 0.2) is 54.6 Å². The molecule has 1 heterocycles. The summed E-state index contributed by atoms with van der Waals surface area (Å²) >= 11 is 2.24. The smallest absolute Gasteiger partial charge is 0.254 e. The van der Waals surface area contributed by atoms with Gasteiger partial charge in [-0.3, -0.25) is 9.59 Å². The first-order valence-electron chi connectivity index (χ1n) is 9.51. The number of hydrogen-bond acceptors (Lipinski definition) is 2. The number of likely N-dealkylation sites (tertiary alicyclic amines) is 1. The molecule has 1 aliphatic heterocycles. The van der Waals surface area contributed by atoms with Crippen LogP contribution in [0.25, 0.3) is 0 Å². The van der Waals surface area contributed by atoms with E-state index in [4.69, 9.17) is 0 Å². The second kappa shape index (κ2) is 9.35. The fourth-order valence-electron chi connectivity index (χ4n) is 3.62. The molecule has 0 radical (unpaired) electrons. The number of nitrogens with zero attached hydrogens (tertiary/aromatic N) is 2. The molecule has 27 heavy (non-hydrogen) atoms. The van der Waals surface area contributed by atoms with Gasteiger partial charge >= 0.3 is 0 Å². The summed E-state index contributed by atoms with van der Waals surface area (Å²) in [5.41, 5.74) is 1.48. The van der Waals surface area contributed by atoms with Gasteiger partial charge in [-0.05, 0) is 72.2 Å². The molecule has 0 aliphatic carbocycles. The molecule has 0 saturated carbocycles. The number of amides is 2. The number of hydrogen-bond donors (Lipinski definition) is 0. The van der Waals surface area contributed by atoms with Gasteiger partial charge in [0.15, 0.2) is 0 Å². The van der Waals surface area contributed by atoms with E-state index < -0.39 is 0 Å². The Morgan fingerprint density at radius 1 is 1.04 bits per heavy atom. The van der Waals surface area contributed by atoms with Crippen LogP contribution in [0.1, 0.15) is 46.9 Å². The van der Waals surface area contributed by atoms with Crippen LogP contribution in [0.3, 0.4) is 0 Å². The van der Waals surface area contributed by atoms with Crippen molar-refractivity contribution in [2.24, 2.45) is 0 Å². The Hall–Kier alpha value is -1.89. The minimum Gasteiger partial charge on any atom is -0.338 e. The van der Waals surface area contributed by atoms with Crippen molar-refractivity contribution in [1.29, 1.82) is 0 Å². The summed E-state index contributed by atoms with van der Waals surface area (Å²) in [6.07, 6.45) is 2.58. The zero-order valence-corrected chi connectivity index (χ0v) is 17.8. The van der Waals surface area contributed by atoms with Crippen LogP contribution < -0.4 is 0 Å². The first-order chi connectivity index (χ1) is 13.1. The molecule has 5 heteroatoms. The fourth-order valence-corrected chi connectivity index (χ4v) is 4.17. The lowest BCUT2D eigenvalue weighted by Crippen LogP contribution is -2.49. The summed E-state index contributed by atoms with van der Waals surface area (Å²) in [4.78, 5) is 29.6. The molecular formula is C22H25IN2O2. The van der Waals surface area contributed by atoms with Crippen LogP contribution in [-0.2, 0) is 0 Å². The lowest BCUT2D eigenvalue weighted by molar-refractivity contribution is 0.0519. The van der Waals surface area contributed by atoms with Crippen molar-refractivity contribution in [2.75, 3.05) is 19.6 Å². The average Bonchev–Trinajstić information content (AvgIpc) is 2.72. The van der Waals surface area contributed by atoms with E-state index >= 15 is 0 Å². The predicted octanol–water partition coefficient (Wildman–Crippen LogP) is 4.45. The van der Waals surface area contributed by atoms with Gasteiger partial charge in [0, 0.05) is 40.4 Å². The minimum absolute atomic E-state index is 0.0834. The van der Waals surface area contributed by atoms with Crippen LogP contribution in [0.5, 0.6) is 0 Å². The highest BCUT2D eigenvalue weighted by molar-refractivity contribution is 14.1. The van der Waals surface area contributed by atoms with Crippen LogP contribution in [0.4, 0.5) is 0 Å². The second-order valence-corrected chi connectivity index (χ2v) is 8.14. The van der Waals surface area contributed by atoms with E-state index in [1.54, 1.807) is 0 Å². The Morgan fingerprint density at radius 2 is 1.70 bits per heavy atom. The molecule has 0 aromatic heterocycles. The summed E-state index contributed by atoms with van der Waals surface area (Å²) in [7, 11) is 0. The maximum atomic E-state index is 13.1. The van der Waals surface area contributed by atoms with Gasteiger partial charge in [-0.15, -0.1) is 0 Å². The molecule has 2 amide bonds. The Bertz CT molecular complexity index is 786. The van der Waals surface area contributed by atoms with Crippen molar-refractivity contribution in [1.82, 2.24) is 9.80 Å². The quantitative estimate of drug-likeness (QED) is 0.599. The van der Waals surface area contributed by atoms with E-state index in [0.717, 1.165) is 40.5 Å². The summed E-state index contributed by atoms with van der Waals surface area (Å²) in [5.74, 6) is 0.184. The van der Waals surface area contributed by atoms with Gasteiger partial charge in [0.25, 0.3) is 11.8 Å². The number of halogens is 1. The van der Waals surface area contributed by atoms with E-state index in [0.29, 0.717) is 13.1 Å². The molecule has 0 bridgehead atoms. The number of carbonyl (C=O) groups is 2. The number of carbonyl (C=O) groups excluding carboxylic acids is 2. The van der Waals surface area contributed by atoms with Gasteiger partial charge in [-0.2, -0.15) is 0 Å². The lowest BCUT2D eigenvalue weighted by Gasteiger charge is -2.38. The fraction of sp³-hybridized carbons (Fsp3) is 0.364. The molecule has 1 fully saturated rings. The van der Waals surface area contributed by atoms with Gasteiger partial charge in [-0.25, -0.2) is 0 Å². The zero-order chi connectivity index (χ0) is 19.2. The predicted molar refractivity (Wildman–Crippen MR) is 116 cm³/mol. The maximum Gasteiger partial charge on any atom is 0.254 e. The van der Waals surface area contributed by atoms with Crippen LogP contribution >= 0.6 is 22.6 Å². The molecule has 2 aromatic rings. The monoisotopic (exact) mass is 476 g/mol. The highest BCUT2D eigenvalue weighted by atomic mass is 127. The Balaban J connectivity index is 1.66. The number of piperidine rings is 1. The minimum atomic E-state index is 0.0834. The molecule has 142 valence electrons. The Labute approximate surface area is 174 Å². The second-order valence-electron chi connectivity index (χ2n) is 6.90. The van der Waals surface area contributed by atoms with E-state index in [2.05, 4.69) is 29.5 Å². The SMILES string of the molecule is CCCN(C(=O)c1cccc(I)c1)C1CCN(C(=O)c2ccccc2)CC1. The lowest BCUT2D eigenvalue weighted by atomic mass is 10.0. The number of benzene rings is 2. The average molecular weight is 476 g/mol. The molecule has 0 atom stereocenters.